The van der Waals surface area contributed by atoms with Crippen molar-refractivity contribution in [2.75, 3.05) is 0 Å². The van der Waals surface area contributed by atoms with Crippen LogP contribution >= 0.6 is 0 Å². The summed E-state index contributed by atoms with van der Waals surface area (Å²) in [7, 11) is 0. The SMILES string of the molecule is CC(C)C1CC(O)C2(C)C3CC=C(C=O)C2C13. The Morgan fingerprint density at radius 3 is 2.82 bits per heavy atom. The molecule has 1 N–H and O–H groups in total. The van der Waals surface area contributed by atoms with E-state index in [1.54, 1.807) is 0 Å². The van der Waals surface area contributed by atoms with Crippen LogP contribution in [-0.4, -0.2) is 17.5 Å². The Hall–Kier alpha value is -0.630. The lowest BCUT2D eigenvalue weighted by Crippen LogP contribution is -2.69. The molecule has 0 spiro atoms. The Kier molecular flexibility index (Phi) is 2.32. The van der Waals surface area contributed by atoms with Crippen LogP contribution in [0.15, 0.2) is 11.6 Å². The summed E-state index contributed by atoms with van der Waals surface area (Å²) in [6, 6.07) is 0. The summed E-state index contributed by atoms with van der Waals surface area (Å²) in [5.41, 5.74) is 0.950. The fourth-order valence-electron chi connectivity index (χ4n) is 5.06. The minimum atomic E-state index is -0.224. The van der Waals surface area contributed by atoms with Crippen molar-refractivity contribution >= 4 is 6.29 Å². The normalized spacial score (nSPS) is 51.8. The zero-order valence-electron chi connectivity index (χ0n) is 10.9. The molecular weight excluding hydrogens is 212 g/mol. The number of hydrogen-bond donors (Lipinski definition) is 1. The van der Waals surface area contributed by atoms with Crippen molar-refractivity contribution in [3.63, 3.8) is 0 Å². The van der Waals surface area contributed by atoms with Crippen molar-refractivity contribution in [3.05, 3.63) is 11.6 Å². The molecule has 4 rings (SSSR count). The monoisotopic (exact) mass is 234 g/mol. The van der Waals surface area contributed by atoms with Crippen LogP contribution < -0.4 is 0 Å². The molecule has 6 atom stereocenters. The van der Waals surface area contributed by atoms with Gasteiger partial charge in [-0.2, -0.15) is 0 Å². The van der Waals surface area contributed by atoms with Crippen LogP contribution in [0.2, 0.25) is 0 Å². The molecule has 4 bridgehead atoms. The molecule has 0 aromatic carbocycles. The predicted octanol–water partition coefficient (Wildman–Crippen LogP) is 2.42. The highest BCUT2D eigenvalue weighted by Gasteiger charge is 2.69. The number of carbonyl (C=O) groups is 1. The van der Waals surface area contributed by atoms with Crippen LogP contribution in [0.25, 0.3) is 0 Å². The number of rotatable bonds is 2. The third-order valence-electron chi connectivity index (χ3n) is 5.99. The van der Waals surface area contributed by atoms with E-state index in [4.69, 9.17) is 0 Å². The molecule has 3 fully saturated rings. The summed E-state index contributed by atoms with van der Waals surface area (Å²) in [5.74, 6) is 2.77. The Morgan fingerprint density at radius 1 is 1.53 bits per heavy atom. The molecule has 0 heterocycles. The summed E-state index contributed by atoms with van der Waals surface area (Å²) < 4.78 is 0. The maximum Gasteiger partial charge on any atom is 0.146 e. The Balaban J connectivity index is 2.01. The number of carbonyl (C=O) groups excluding carboxylic acids is 1. The molecule has 4 aliphatic carbocycles. The minimum Gasteiger partial charge on any atom is -0.393 e. The van der Waals surface area contributed by atoms with Gasteiger partial charge in [0, 0.05) is 5.41 Å². The van der Waals surface area contributed by atoms with E-state index in [0.717, 1.165) is 24.7 Å². The van der Waals surface area contributed by atoms with E-state index >= 15 is 0 Å². The third kappa shape index (κ3) is 1.17. The first-order chi connectivity index (χ1) is 8.01. The quantitative estimate of drug-likeness (QED) is 0.745. The van der Waals surface area contributed by atoms with E-state index in [-0.39, 0.29) is 11.5 Å². The molecule has 17 heavy (non-hydrogen) atoms. The molecule has 2 heteroatoms. The van der Waals surface area contributed by atoms with Gasteiger partial charge in [0.2, 0.25) is 0 Å². The van der Waals surface area contributed by atoms with Crippen molar-refractivity contribution in [1.82, 2.24) is 0 Å². The molecule has 6 unspecified atom stereocenters. The number of aldehydes is 1. The van der Waals surface area contributed by atoms with Gasteiger partial charge in [-0.05, 0) is 48.0 Å². The van der Waals surface area contributed by atoms with Gasteiger partial charge in [0.15, 0.2) is 0 Å². The number of hydrogen-bond acceptors (Lipinski definition) is 2. The topological polar surface area (TPSA) is 37.3 Å². The second-order valence-corrected chi connectivity index (χ2v) is 6.74. The first-order valence-corrected chi connectivity index (χ1v) is 6.85. The fourth-order valence-corrected chi connectivity index (χ4v) is 5.06. The predicted molar refractivity (Wildman–Crippen MR) is 66.3 cm³/mol. The van der Waals surface area contributed by atoms with Crippen LogP contribution in [0.1, 0.15) is 33.6 Å². The smallest absolute Gasteiger partial charge is 0.146 e. The number of fused-ring (bicyclic) bond motifs is 2. The van der Waals surface area contributed by atoms with E-state index in [1.165, 1.54) is 0 Å². The van der Waals surface area contributed by atoms with Crippen LogP contribution in [0, 0.1) is 35.0 Å². The lowest BCUT2D eigenvalue weighted by Gasteiger charge is -2.71. The highest BCUT2D eigenvalue weighted by Crippen LogP contribution is 2.71. The molecular formula is C15H22O2. The molecule has 4 aliphatic rings. The van der Waals surface area contributed by atoms with Crippen molar-refractivity contribution in [2.24, 2.45) is 35.0 Å². The Morgan fingerprint density at radius 2 is 2.24 bits per heavy atom. The zero-order chi connectivity index (χ0) is 12.4. The molecule has 0 saturated heterocycles. The van der Waals surface area contributed by atoms with Gasteiger partial charge in [0.05, 0.1) is 6.10 Å². The average molecular weight is 234 g/mol. The van der Waals surface area contributed by atoms with E-state index in [1.807, 2.05) is 0 Å². The number of aliphatic hydroxyl groups excluding tert-OH is 1. The molecule has 94 valence electrons. The van der Waals surface area contributed by atoms with Crippen molar-refractivity contribution in [2.45, 2.75) is 39.7 Å². The molecule has 3 saturated carbocycles. The lowest BCUT2D eigenvalue weighted by molar-refractivity contribution is -0.241. The Labute approximate surface area is 103 Å². The molecule has 2 nitrogen and oxygen atoms in total. The van der Waals surface area contributed by atoms with Gasteiger partial charge < -0.3 is 5.11 Å². The van der Waals surface area contributed by atoms with E-state index in [0.29, 0.717) is 29.6 Å². The van der Waals surface area contributed by atoms with Gasteiger partial charge in [0.25, 0.3) is 0 Å². The highest BCUT2D eigenvalue weighted by molar-refractivity contribution is 5.76. The maximum atomic E-state index is 11.2. The summed E-state index contributed by atoms with van der Waals surface area (Å²) in [4.78, 5) is 11.2. The van der Waals surface area contributed by atoms with Gasteiger partial charge in [-0.15, -0.1) is 0 Å². The largest absolute Gasteiger partial charge is 0.393 e. The van der Waals surface area contributed by atoms with Gasteiger partial charge in [0.1, 0.15) is 6.29 Å². The van der Waals surface area contributed by atoms with Crippen molar-refractivity contribution in [3.8, 4) is 0 Å². The first kappa shape index (κ1) is 11.5. The standard InChI is InChI=1S/C15H22O2/c1-8(2)10-6-12(17)15(3)11-5-4-9(7-16)14(15)13(10)11/h4,7-8,10-14,17H,5-6H2,1-3H3. The molecule has 0 aromatic heterocycles. The second-order valence-electron chi connectivity index (χ2n) is 6.74. The lowest BCUT2D eigenvalue weighted by atomic mass is 9.33. The first-order valence-electron chi connectivity index (χ1n) is 6.85. The Bertz CT molecular complexity index is 384. The summed E-state index contributed by atoms with van der Waals surface area (Å²) >= 11 is 0. The maximum absolute atomic E-state index is 11.2. The minimum absolute atomic E-state index is 0.0128. The van der Waals surface area contributed by atoms with Crippen LogP contribution in [0.3, 0.4) is 0 Å². The van der Waals surface area contributed by atoms with E-state index < -0.39 is 0 Å². The average Bonchev–Trinajstić information content (AvgIpc) is 2.32. The van der Waals surface area contributed by atoms with Crippen molar-refractivity contribution in [1.29, 1.82) is 0 Å². The molecule has 0 aromatic rings. The van der Waals surface area contributed by atoms with Gasteiger partial charge in [-0.3, -0.25) is 4.79 Å². The fraction of sp³-hybridized carbons (Fsp3) is 0.800. The van der Waals surface area contributed by atoms with Crippen LogP contribution in [-0.2, 0) is 4.79 Å². The number of allylic oxidation sites excluding steroid dienone is 2. The third-order valence-corrected chi connectivity index (χ3v) is 5.99. The van der Waals surface area contributed by atoms with Crippen LogP contribution in [0.5, 0.6) is 0 Å². The molecule has 0 aliphatic heterocycles. The van der Waals surface area contributed by atoms with Crippen LogP contribution in [0.4, 0.5) is 0 Å². The summed E-state index contributed by atoms with van der Waals surface area (Å²) in [6.07, 6.45) is 4.83. The summed E-state index contributed by atoms with van der Waals surface area (Å²) in [5, 5.41) is 10.5. The van der Waals surface area contributed by atoms with Gasteiger partial charge >= 0.3 is 0 Å². The van der Waals surface area contributed by atoms with E-state index in [9.17, 15) is 9.90 Å². The molecule has 0 amide bonds. The van der Waals surface area contributed by atoms with Gasteiger partial charge in [-0.1, -0.05) is 26.8 Å². The van der Waals surface area contributed by atoms with Crippen molar-refractivity contribution < 1.29 is 9.90 Å². The summed E-state index contributed by atoms with van der Waals surface area (Å²) in [6.45, 7) is 6.69. The van der Waals surface area contributed by atoms with E-state index in [2.05, 4.69) is 26.8 Å². The second kappa shape index (κ2) is 3.44. The highest BCUT2D eigenvalue weighted by atomic mass is 16.3. The van der Waals surface area contributed by atoms with Gasteiger partial charge in [-0.25, -0.2) is 0 Å². The zero-order valence-corrected chi connectivity index (χ0v) is 10.9. The molecule has 0 radical (unpaired) electrons. The number of aliphatic hydroxyl groups is 1.